The fourth-order valence-electron chi connectivity index (χ4n) is 6.06. The van der Waals surface area contributed by atoms with E-state index in [2.05, 4.69) is 4.72 Å². The topological polar surface area (TPSA) is 105 Å². The lowest BCUT2D eigenvalue weighted by Crippen LogP contribution is -2.41. The lowest BCUT2D eigenvalue weighted by molar-refractivity contribution is -0.150. The molecule has 0 amide bonds. The fraction of sp³-hybridized carbons (Fsp3) is 0.278. The van der Waals surface area contributed by atoms with Crippen molar-refractivity contribution in [2.75, 3.05) is 24.5 Å². The summed E-state index contributed by atoms with van der Waals surface area (Å²) in [7, 11) is -3.96. The molecule has 0 radical (unpaired) electrons. The summed E-state index contributed by atoms with van der Waals surface area (Å²) >= 11 is 13.6. The Morgan fingerprint density at radius 2 is 1.35 bits per heavy atom. The monoisotopic (exact) mass is 709 g/mol. The molecule has 12 heteroatoms. The van der Waals surface area contributed by atoms with Crippen molar-refractivity contribution in [2.24, 2.45) is 0 Å². The number of benzene rings is 4. The van der Waals surface area contributed by atoms with Gasteiger partial charge < -0.3 is 9.47 Å². The van der Waals surface area contributed by atoms with Crippen LogP contribution >= 0.6 is 23.2 Å². The van der Waals surface area contributed by atoms with Gasteiger partial charge in [0.15, 0.2) is 0 Å². The smallest absolute Gasteiger partial charge is 0.325 e. The molecular weight excluding hydrogens is 673 g/mol. The van der Waals surface area contributed by atoms with Crippen molar-refractivity contribution in [1.82, 2.24) is 9.80 Å². The van der Waals surface area contributed by atoms with Crippen LogP contribution in [-0.4, -0.2) is 56.0 Å². The lowest BCUT2D eigenvalue weighted by atomic mass is 9.98. The van der Waals surface area contributed by atoms with Gasteiger partial charge in [0, 0.05) is 22.2 Å². The Hall–Kier alpha value is -3.93. The molecular formula is C36H37Cl2N3O6S. The van der Waals surface area contributed by atoms with Gasteiger partial charge in [-0.2, -0.15) is 0 Å². The standard InChI is InChI=1S/C36H37Cl2N3O6S/c1-4-46-32(42)23-41-33(27-13-7-9-15-29(27)37)34(36(43)47-5-2)40(35(41)28-14-8-10-16-30(28)38)22-25-12-6-11-17-31(25)39-48(44,45)26-20-18-24(3)19-21-26/h6-21,33-35,39H,4-5,22-23H2,1-3H3/t33-,34-,35+/m0/s1. The van der Waals surface area contributed by atoms with Crippen molar-refractivity contribution < 1.29 is 27.5 Å². The molecule has 0 saturated carbocycles. The molecule has 0 unspecified atom stereocenters. The number of sulfonamides is 1. The summed E-state index contributed by atoms with van der Waals surface area (Å²) in [5.41, 5.74) is 3.08. The highest BCUT2D eigenvalue weighted by atomic mass is 35.5. The maximum atomic E-state index is 14.1. The number of carbonyl (C=O) groups excluding carboxylic acids is 2. The van der Waals surface area contributed by atoms with Crippen LogP contribution in [0.4, 0.5) is 5.69 Å². The molecule has 1 fully saturated rings. The number of ether oxygens (including phenoxy) is 2. The number of nitrogens with zero attached hydrogens (tertiary/aromatic N) is 2. The van der Waals surface area contributed by atoms with Crippen LogP contribution in [0.1, 0.15) is 48.3 Å². The molecule has 48 heavy (non-hydrogen) atoms. The Balaban J connectivity index is 1.68. The average molecular weight is 711 g/mol. The van der Waals surface area contributed by atoms with Crippen molar-refractivity contribution in [3.05, 3.63) is 129 Å². The maximum absolute atomic E-state index is 14.1. The van der Waals surface area contributed by atoms with Crippen LogP contribution in [0.15, 0.2) is 102 Å². The number of nitrogens with one attached hydrogen (secondary N) is 1. The molecule has 0 spiro atoms. The van der Waals surface area contributed by atoms with Crippen LogP contribution in [0.25, 0.3) is 0 Å². The summed E-state index contributed by atoms with van der Waals surface area (Å²) in [6.07, 6.45) is -0.763. The van der Waals surface area contributed by atoms with E-state index in [9.17, 15) is 18.0 Å². The molecule has 1 aliphatic rings. The zero-order valence-electron chi connectivity index (χ0n) is 26.8. The molecule has 5 rings (SSSR count). The summed E-state index contributed by atoms with van der Waals surface area (Å²) in [6, 6.07) is 26.1. The Bertz CT molecular complexity index is 1870. The van der Waals surface area contributed by atoms with Crippen molar-refractivity contribution in [1.29, 1.82) is 0 Å². The Labute approximate surface area is 291 Å². The molecule has 4 aromatic rings. The predicted octanol–water partition coefficient (Wildman–Crippen LogP) is 7.16. The van der Waals surface area contributed by atoms with E-state index in [0.29, 0.717) is 32.4 Å². The molecule has 1 aliphatic heterocycles. The third-order valence-electron chi connectivity index (χ3n) is 8.14. The first-order chi connectivity index (χ1) is 23.1. The van der Waals surface area contributed by atoms with Gasteiger partial charge in [-0.05, 0) is 62.2 Å². The summed E-state index contributed by atoms with van der Waals surface area (Å²) in [5, 5.41) is 0.814. The highest BCUT2D eigenvalue weighted by molar-refractivity contribution is 7.92. The van der Waals surface area contributed by atoms with Gasteiger partial charge in [0.05, 0.1) is 42.5 Å². The first-order valence-corrected chi connectivity index (χ1v) is 17.8. The molecule has 0 aliphatic carbocycles. The second-order valence-corrected chi connectivity index (χ2v) is 13.8. The maximum Gasteiger partial charge on any atom is 0.325 e. The summed E-state index contributed by atoms with van der Waals surface area (Å²) < 4.78 is 40.8. The minimum atomic E-state index is -3.96. The second kappa shape index (κ2) is 15.5. The predicted molar refractivity (Wildman–Crippen MR) is 186 cm³/mol. The van der Waals surface area contributed by atoms with E-state index >= 15 is 0 Å². The van der Waals surface area contributed by atoms with Gasteiger partial charge in [0.1, 0.15) is 6.04 Å². The molecule has 1 N–H and O–H groups in total. The van der Waals surface area contributed by atoms with Crippen LogP contribution in [0.2, 0.25) is 10.0 Å². The Kier molecular flexibility index (Phi) is 11.4. The van der Waals surface area contributed by atoms with Gasteiger partial charge in [0.2, 0.25) is 0 Å². The molecule has 1 heterocycles. The quantitative estimate of drug-likeness (QED) is 0.155. The number of para-hydroxylation sites is 1. The minimum absolute atomic E-state index is 0.0617. The van der Waals surface area contributed by atoms with E-state index in [1.807, 2.05) is 41.0 Å². The van der Waals surface area contributed by atoms with E-state index in [-0.39, 0.29) is 31.2 Å². The first kappa shape index (κ1) is 35.4. The van der Waals surface area contributed by atoms with Gasteiger partial charge in [-0.15, -0.1) is 0 Å². The van der Waals surface area contributed by atoms with Crippen LogP contribution in [0, 0.1) is 6.92 Å². The Morgan fingerprint density at radius 1 is 0.771 bits per heavy atom. The van der Waals surface area contributed by atoms with E-state index < -0.39 is 40.2 Å². The van der Waals surface area contributed by atoms with Crippen LogP contribution in [0.3, 0.4) is 0 Å². The van der Waals surface area contributed by atoms with Crippen molar-refractivity contribution in [3.63, 3.8) is 0 Å². The zero-order chi connectivity index (χ0) is 34.4. The molecule has 3 atom stereocenters. The van der Waals surface area contributed by atoms with E-state index in [4.69, 9.17) is 32.7 Å². The fourth-order valence-corrected chi connectivity index (χ4v) is 7.64. The van der Waals surface area contributed by atoms with Gasteiger partial charge in [-0.1, -0.05) is 95.5 Å². The Morgan fingerprint density at radius 3 is 1.98 bits per heavy atom. The van der Waals surface area contributed by atoms with Gasteiger partial charge >= 0.3 is 11.9 Å². The van der Waals surface area contributed by atoms with E-state index in [0.717, 1.165) is 5.56 Å². The third kappa shape index (κ3) is 7.69. The molecule has 252 valence electrons. The van der Waals surface area contributed by atoms with E-state index in [1.54, 1.807) is 86.6 Å². The molecule has 0 aromatic heterocycles. The van der Waals surface area contributed by atoms with Gasteiger partial charge in [-0.3, -0.25) is 24.1 Å². The number of anilines is 1. The summed E-state index contributed by atoms with van der Waals surface area (Å²) in [6.45, 7) is 5.46. The summed E-state index contributed by atoms with van der Waals surface area (Å²) in [4.78, 5) is 31.1. The largest absolute Gasteiger partial charge is 0.465 e. The average Bonchev–Trinajstić information content (AvgIpc) is 3.35. The molecule has 0 bridgehead atoms. The SMILES string of the molecule is CCOC(=O)CN1[C@H](c2ccccc2Cl)N(Cc2ccccc2NS(=O)(=O)c2ccc(C)cc2)[C@H](C(=O)OCC)[C@@H]1c1ccccc1Cl. The molecule has 4 aromatic carbocycles. The number of carbonyl (C=O) groups is 2. The minimum Gasteiger partial charge on any atom is -0.465 e. The highest BCUT2D eigenvalue weighted by Gasteiger charge is 2.54. The second-order valence-electron chi connectivity index (χ2n) is 11.3. The number of hydrogen-bond donors (Lipinski definition) is 1. The van der Waals surface area contributed by atoms with Crippen LogP contribution in [0.5, 0.6) is 0 Å². The number of esters is 2. The third-order valence-corrected chi connectivity index (χ3v) is 10.2. The van der Waals surface area contributed by atoms with E-state index in [1.165, 1.54) is 0 Å². The zero-order valence-corrected chi connectivity index (χ0v) is 29.1. The number of aryl methyl sites for hydroxylation is 1. The first-order valence-electron chi connectivity index (χ1n) is 15.6. The van der Waals surface area contributed by atoms with Crippen LogP contribution in [-0.2, 0) is 35.6 Å². The van der Waals surface area contributed by atoms with Crippen molar-refractivity contribution in [3.8, 4) is 0 Å². The van der Waals surface area contributed by atoms with Crippen molar-refractivity contribution in [2.45, 2.75) is 50.5 Å². The van der Waals surface area contributed by atoms with Crippen LogP contribution < -0.4 is 4.72 Å². The summed E-state index contributed by atoms with van der Waals surface area (Å²) in [5.74, 6) is -1.04. The molecule has 9 nitrogen and oxygen atoms in total. The van der Waals surface area contributed by atoms with Crippen molar-refractivity contribution >= 4 is 50.9 Å². The lowest BCUT2D eigenvalue weighted by Gasteiger charge is -2.33. The van der Waals surface area contributed by atoms with Gasteiger partial charge in [-0.25, -0.2) is 8.42 Å². The number of halogens is 2. The normalized spacial score (nSPS) is 18.4. The number of hydrogen-bond acceptors (Lipinski definition) is 8. The van der Waals surface area contributed by atoms with Gasteiger partial charge in [0.25, 0.3) is 10.0 Å². The number of rotatable bonds is 12. The molecule has 1 saturated heterocycles. The highest BCUT2D eigenvalue weighted by Crippen LogP contribution is 2.49.